The molecular weight excluding hydrogens is 795 g/mol. The molecule has 0 aromatic heterocycles. The Labute approximate surface area is 387 Å². The number of hydrogen-bond acceptors (Lipinski definition) is 1. The highest BCUT2D eigenvalue weighted by atomic mass is 15.1. The first-order valence-electron chi connectivity index (χ1n) is 22.8. The van der Waals surface area contributed by atoms with E-state index >= 15 is 0 Å². The van der Waals surface area contributed by atoms with Crippen molar-refractivity contribution in [3.8, 4) is 55.6 Å². The number of benzene rings is 11. The summed E-state index contributed by atoms with van der Waals surface area (Å²) in [6.07, 6.45) is 0. The molecule has 0 unspecified atom stereocenters. The summed E-state index contributed by atoms with van der Waals surface area (Å²) in [7, 11) is 0. The van der Waals surface area contributed by atoms with Crippen molar-refractivity contribution in [1.82, 2.24) is 0 Å². The lowest BCUT2D eigenvalue weighted by Gasteiger charge is -2.34. The average molecular weight is 840 g/mol. The number of fused-ring (bicyclic) bond motifs is 4. The van der Waals surface area contributed by atoms with Crippen LogP contribution in [0.5, 0.6) is 0 Å². The average Bonchev–Trinajstić information content (AvgIpc) is 3.70. The second-order valence-electron chi connectivity index (χ2n) is 17.3. The summed E-state index contributed by atoms with van der Waals surface area (Å²) in [6, 6.07) is 100. The van der Waals surface area contributed by atoms with Gasteiger partial charge in [-0.05, 0) is 143 Å². The van der Waals surface area contributed by atoms with Crippen LogP contribution in [0.4, 0.5) is 17.1 Å². The molecule has 12 rings (SSSR count). The molecule has 11 aromatic carbocycles. The summed E-state index contributed by atoms with van der Waals surface area (Å²) in [5, 5.41) is 2.50. The first kappa shape index (κ1) is 39.1. The van der Waals surface area contributed by atoms with Crippen molar-refractivity contribution in [2.45, 2.75) is 5.41 Å². The van der Waals surface area contributed by atoms with Crippen LogP contribution in [0.25, 0.3) is 66.4 Å². The van der Waals surface area contributed by atoms with Crippen molar-refractivity contribution in [2.24, 2.45) is 0 Å². The first-order valence-corrected chi connectivity index (χ1v) is 22.8. The van der Waals surface area contributed by atoms with E-state index in [-0.39, 0.29) is 0 Å². The summed E-state index contributed by atoms with van der Waals surface area (Å²) < 4.78 is 0. The Morgan fingerprint density at radius 3 is 1.14 bits per heavy atom. The first-order chi connectivity index (χ1) is 32.7. The van der Waals surface area contributed by atoms with Crippen LogP contribution in [-0.4, -0.2) is 0 Å². The highest BCUT2D eigenvalue weighted by molar-refractivity contribution is 5.93. The molecule has 310 valence electrons. The van der Waals surface area contributed by atoms with Gasteiger partial charge in [-0.2, -0.15) is 0 Å². The van der Waals surface area contributed by atoms with Gasteiger partial charge >= 0.3 is 0 Å². The molecule has 66 heavy (non-hydrogen) atoms. The molecule has 0 radical (unpaired) electrons. The van der Waals surface area contributed by atoms with Gasteiger partial charge in [0.25, 0.3) is 0 Å². The minimum absolute atomic E-state index is 0.514. The lowest BCUT2D eigenvalue weighted by molar-refractivity contribution is 0.769. The Morgan fingerprint density at radius 2 is 0.606 bits per heavy atom. The lowest BCUT2D eigenvalue weighted by atomic mass is 9.67. The van der Waals surface area contributed by atoms with E-state index in [1.54, 1.807) is 0 Å². The molecule has 0 fully saturated rings. The molecule has 0 spiro atoms. The van der Waals surface area contributed by atoms with E-state index in [0.29, 0.717) is 0 Å². The maximum absolute atomic E-state index is 2.46. The third kappa shape index (κ3) is 6.81. The second-order valence-corrected chi connectivity index (χ2v) is 17.3. The summed E-state index contributed by atoms with van der Waals surface area (Å²) in [5.74, 6) is 0. The van der Waals surface area contributed by atoms with Gasteiger partial charge in [0.2, 0.25) is 0 Å². The minimum Gasteiger partial charge on any atom is -0.311 e. The molecule has 1 nitrogen and oxygen atoms in total. The Kier molecular flexibility index (Phi) is 9.81. The molecule has 0 N–H and O–H groups in total. The molecule has 0 aliphatic heterocycles. The third-order valence-electron chi connectivity index (χ3n) is 13.6. The molecule has 0 heterocycles. The van der Waals surface area contributed by atoms with Crippen LogP contribution < -0.4 is 4.90 Å². The minimum atomic E-state index is -0.514. The number of nitrogens with zero attached hydrogens (tertiary/aromatic N) is 1. The fourth-order valence-electron chi connectivity index (χ4n) is 10.3. The standard InChI is InChI=1S/C65H45N/c1-5-15-46(16-6-1)49-27-35-58(36-28-49)66(59-37-29-50(30-38-59)47-17-7-2-8-18-47)60-39-31-51(32-40-60)55-33-41-61-62-44-54(53-26-25-48-19-13-14-20-52(48)43-53)34-42-63(62)65(64(61)45-55,56-21-9-3-10-22-56)57-23-11-4-12-24-57/h1-45H. The zero-order valence-electron chi connectivity index (χ0n) is 36.4. The van der Waals surface area contributed by atoms with Crippen LogP contribution in [0.2, 0.25) is 0 Å². The topological polar surface area (TPSA) is 3.24 Å². The molecule has 1 heteroatoms. The summed E-state index contributed by atoms with van der Waals surface area (Å²) in [4.78, 5) is 2.36. The van der Waals surface area contributed by atoms with Gasteiger partial charge in [0, 0.05) is 17.1 Å². The number of rotatable bonds is 9. The van der Waals surface area contributed by atoms with Crippen LogP contribution in [0, 0.1) is 0 Å². The van der Waals surface area contributed by atoms with Gasteiger partial charge in [-0.25, -0.2) is 0 Å². The van der Waals surface area contributed by atoms with Crippen LogP contribution >= 0.6 is 0 Å². The molecule has 0 saturated heterocycles. The van der Waals surface area contributed by atoms with Gasteiger partial charge in [-0.1, -0.05) is 218 Å². The van der Waals surface area contributed by atoms with Crippen LogP contribution in [0.1, 0.15) is 22.3 Å². The molecule has 11 aromatic rings. The van der Waals surface area contributed by atoms with Crippen LogP contribution in [0.15, 0.2) is 273 Å². The van der Waals surface area contributed by atoms with Crippen molar-refractivity contribution in [1.29, 1.82) is 0 Å². The van der Waals surface area contributed by atoms with Crippen molar-refractivity contribution in [3.63, 3.8) is 0 Å². The van der Waals surface area contributed by atoms with Gasteiger partial charge in [-0.3, -0.25) is 0 Å². The molecule has 1 aliphatic carbocycles. The van der Waals surface area contributed by atoms with Crippen molar-refractivity contribution < 1.29 is 0 Å². The lowest BCUT2D eigenvalue weighted by Crippen LogP contribution is -2.28. The van der Waals surface area contributed by atoms with E-state index in [0.717, 1.165) is 17.1 Å². The Bertz CT molecular complexity index is 3350. The SMILES string of the molecule is c1ccc(-c2ccc(N(c3ccc(-c4ccccc4)cc3)c3ccc(-c4ccc5c(c4)C(c4ccccc4)(c4ccccc4)c4ccc(-c6ccc7ccccc7c6)cc4-5)cc3)cc2)cc1. The zero-order valence-corrected chi connectivity index (χ0v) is 36.4. The van der Waals surface area contributed by atoms with E-state index in [2.05, 4.69) is 278 Å². The van der Waals surface area contributed by atoms with Gasteiger partial charge < -0.3 is 4.90 Å². The predicted molar refractivity (Wildman–Crippen MR) is 278 cm³/mol. The fraction of sp³-hybridized carbons (Fsp3) is 0.0154. The van der Waals surface area contributed by atoms with E-state index < -0.39 is 5.41 Å². The van der Waals surface area contributed by atoms with Gasteiger partial charge in [0.15, 0.2) is 0 Å². The summed E-state index contributed by atoms with van der Waals surface area (Å²) in [5.41, 5.74) is 20.0. The van der Waals surface area contributed by atoms with Gasteiger partial charge in [0.05, 0.1) is 5.41 Å². The summed E-state index contributed by atoms with van der Waals surface area (Å²) in [6.45, 7) is 0. The summed E-state index contributed by atoms with van der Waals surface area (Å²) >= 11 is 0. The van der Waals surface area contributed by atoms with Crippen LogP contribution in [-0.2, 0) is 5.41 Å². The fourth-order valence-corrected chi connectivity index (χ4v) is 10.3. The predicted octanol–water partition coefficient (Wildman–Crippen LogP) is 17.3. The molecule has 0 amide bonds. The smallest absolute Gasteiger partial charge is 0.0713 e. The van der Waals surface area contributed by atoms with Gasteiger partial charge in [0.1, 0.15) is 0 Å². The van der Waals surface area contributed by atoms with E-state index in [4.69, 9.17) is 0 Å². The quantitative estimate of drug-likeness (QED) is 0.140. The number of hydrogen-bond donors (Lipinski definition) is 0. The highest BCUT2D eigenvalue weighted by Gasteiger charge is 2.46. The van der Waals surface area contributed by atoms with Gasteiger partial charge in [-0.15, -0.1) is 0 Å². The van der Waals surface area contributed by atoms with E-state index in [9.17, 15) is 0 Å². The molecule has 0 saturated carbocycles. The molecule has 1 aliphatic rings. The Morgan fingerprint density at radius 1 is 0.227 bits per heavy atom. The monoisotopic (exact) mass is 839 g/mol. The largest absolute Gasteiger partial charge is 0.311 e. The maximum Gasteiger partial charge on any atom is 0.0713 e. The maximum atomic E-state index is 2.46. The Hall–Kier alpha value is -8.52. The molecule has 0 bridgehead atoms. The zero-order chi connectivity index (χ0) is 43.9. The van der Waals surface area contributed by atoms with Crippen molar-refractivity contribution in [3.05, 3.63) is 295 Å². The van der Waals surface area contributed by atoms with E-state index in [1.807, 2.05) is 0 Å². The normalized spacial score (nSPS) is 12.4. The van der Waals surface area contributed by atoms with E-state index in [1.165, 1.54) is 88.7 Å². The van der Waals surface area contributed by atoms with Crippen molar-refractivity contribution in [2.75, 3.05) is 4.90 Å². The Balaban J connectivity index is 0.972. The molecule has 0 atom stereocenters. The second kappa shape index (κ2) is 16.6. The van der Waals surface area contributed by atoms with Crippen LogP contribution in [0.3, 0.4) is 0 Å². The molecular formula is C65H45N. The number of anilines is 3. The third-order valence-corrected chi connectivity index (χ3v) is 13.6. The highest BCUT2D eigenvalue weighted by Crippen LogP contribution is 2.57. The van der Waals surface area contributed by atoms with Crippen molar-refractivity contribution >= 4 is 27.8 Å².